The van der Waals surface area contributed by atoms with Gasteiger partial charge in [-0.1, -0.05) is 57.2 Å². The Morgan fingerprint density at radius 2 is 1.76 bits per heavy atom. The Hall–Kier alpha value is -4.28. The first-order chi connectivity index (χ1) is 19.5. The number of carbonyl (C=O) groups excluding carboxylic acids is 4. The van der Waals surface area contributed by atoms with Gasteiger partial charge in [-0.3, -0.25) is 4.79 Å². The zero-order valence-electron chi connectivity index (χ0n) is 24.0. The van der Waals surface area contributed by atoms with E-state index in [1.807, 2.05) is 51.1 Å². The number of nitrogens with one attached hydrogen (secondary N) is 3. The van der Waals surface area contributed by atoms with E-state index in [4.69, 9.17) is 18.9 Å². The lowest BCUT2D eigenvalue weighted by Gasteiger charge is -2.26. The summed E-state index contributed by atoms with van der Waals surface area (Å²) >= 11 is 0. The highest BCUT2D eigenvalue weighted by atomic mass is 16.6. The number of carbonyl (C=O) groups is 4. The van der Waals surface area contributed by atoms with Crippen molar-refractivity contribution in [1.82, 2.24) is 10.6 Å². The molecule has 0 spiro atoms. The second kappa shape index (κ2) is 14.9. The van der Waals surface area contributed by atoms with Crippen molar-refractivity contribution in [1.29, 1.82) is 0 Å². The van der Waals surface area contributed by atoms with Gasteiger partial charge in [-0.2, -0.15) is 0 Å². The molecule has 222 valence electrons. The summed E-state index contributed by atoms with van der Waals surface area (Å²) < 4.78 is 21.4. The smallest absolute Gasteiger partial charge is 0.407 e. The van der Waals surface area contributed by atoms with E-state index in [1.54, 1.807) is 25.1 Å². The molecule has 3 amide bonds. The SMILES string of the molecule is CCOC(=O)[C@H](Cc1ccc2c(c1)NC(=O)[C@@H](CCCNC(=O)OCc1ccccc1)O2)NC(=O)OCC(C)(C)C. The largest absolute Gasteiger partial charge is 0.478 e. The minimum atomic E-state index is -0.972. The Labute approximate surface area is 240 Å². The second-order valence-corrected chi connectivity index (χ2v) is 10.8. The van der Waals surface area contributed by atoms with Gasteiger partial charge in [0.15, 0.2) is 6.10 Å². The van der Waals surface area contributed by atoms with Crippen molar-refractivity contribution < 1.29 is 38.1 Å². The van der Waals surface area contributed by atoms with E-state index >= 15 is 0 Å². The van der Waals surface area contributed by atoms with E-state index < -0.39 is 30.3 Å². The minimum Gasteiger partial charge on any atom is -0.478 e. The molecule has 2 aromatic carbocycles. The van der Waals surface area contributed by atoms with Crippen LogP contribution in [0.3, 0.4) is 0 Å². The summed E-state index contributed by atoms with van der Waals surface area (Å²) in [5, 5.41) is 8.09. The molecule has 1 aliphatic heterocycles. The third-order valence-electron chi connectivity index (χ3n) is 5.93. The summed E-state index contributed by atoms with van der Waals surface area (Å²) in [6.07, 6.45) is -0.945. The monoisotopic (exact) mass is 569 g/mol. The fraction of sp³-hybridized carbons (Fsp3) is 0.467. The molecule has 0 saturated carbocycles. The molecule has 11 heteroatoms. The van der Waals surface area contributed by atoms with E-state index in [2.05, 4.69) is 16.0 Å². The van der Waals surface area contributed by atoms with Crippen molar-refractivity contribution in [3.63, 3.8) is 0 Å². The Morgan fingerprint density at radius 1 is 1.00 bits per heavy atom. The van der Waals surface area contributed by atoms with E-state index in [1.165, 1.54) is 0 Å². The molecule has 3 N–H and O–H groups in total. The van der Waals surface area contributed by atoms with Gasteiger partial charge in [0.2, 0.25) is 0 Å². The average Bonchev–Trinajstić information content (AvgIpc) is 2.93. The molecule has 2 atom stereocenters. The van der Waals surface area contributed by atoms with Crippen LogP contribution in [-0.2, 0) is 36.8 Å². The molecule has 0 aliphatic carbocycles. The summed E-state index contributed by atoms with van der Waals surface area (Å²) in [7, 11) is 0. The second-order valence-electron chi connectivity index (χ2n) is 10.8. The number of anilines is 1. The first kappa shape index (κ1) is 31.3. The van der Waals surface area contributed by atoms with Crippen molar-refractivity contribution >= 4 is 29.8 Å². The molecule has 41 heavy (non-hydrogen) atoms. The third-order valence-corrected chi connectivity index (χ3v) is 5.93. The lowest BCUT2D eigenvalue weighted by molar-refractivity contribution is -0.145. The predicted molar refractivity (Wildman–Crippen MR) is 151 cm³/mol. The fourth-order valence-electron chi connectivity index (χ4n) is 3.90. The molecule has 0 unspecified atom stereocenters. The molecule has 0 fully saturated rings. The maximum atomic E-state index is 12.7. The van der Waals surface area contributed by atoms with Crippen LogP contribution >= 0.6 is 0 Å². The number of hydrogen-bond acceptors (Lipinski definition) is 8. The summed E-state index contributed by atoms with van der Waals surface area (Å²) in [6, 6.07) is 13.6. The van der Waals surface area contributed by atoms with E-state index in [-0.39, 0.29) is 37.6 Å². The number of hydrogen-bond donors (Lipinski definition) is 3. The fourth-order valence-corrected chi connectivity index (χ4v) is 3.90. The van der Waals surface area contributed by atoms with E-state index in [0.29, 0.717) is 36.4 Å². The highest BCUT2D eigenvalue weighted by molar-refractivity contribution is 5.97. The zero-order chi connectivity index (χ0) is 29.8. The van der Waals surface area contributed by atoms with Gasteiger partial charge in [0, 0.05) is 13.0 Å². The Balaban J connectivity index is 1.49. The molecule has 0 aromatic heterocycles. The number of fused-ring (bicyclic) bond motifs is 1. The van der Waals surface area contributed by atoms with Crippen molar-refractivity contribution in [2.75, 3.05) is 25.1 Å². The van der Waals surface area contributed by atoms with Crippen molar-refractivity contribution in [2.45, 2.75) is 65.7 Å². The van der Waals surface area contributed by atoms with Crippen LogP contribution in [-0.4, -0.2) is 56.0 Å². The summed E-state index contributed by atoms with van der Waals surface area (Å²) in [6.45, 7) is 8.32. The summed E-state index contributed by atoms with van der Waals surface area (Å²) in [5.41, 5.74) is 1.81. The molecular formula is C30H39N3O8. The zero-order valence-corrected chi connectivity index (χ0v) is 24.0. The molecular weight excluding hydrogens is 530 g/mol. The standard InChI is InChI=1S/C30H39N3O8/c1-5-38-27(35)23(33-29(37)40-19-30(2,3)4)17-21-13-14-24-22(16-21)32-26(34)25(41-24)12-9-15-31-28(36)39-18-20-10-7-6-8-11-20/h6-8,10-11,13-14,16,23,25H,5,9,12,15,17-19H2,1-4H3,(H,31,36)(H,32,34)(H,33,37)/t23-,25+/m0/s1. The Kier molecular flexibility index (Phi) is 11.4. The highest BCUT2D eigenvalue weighted by Crippen LogP contribution is 2.32. The lowest BCUT2D eigenvalue weighted by Crippen LogP contribution is -2.44. The van der Waals surface area contributed by atoms with Gasteiger partial charge < -0.3 is 34.9 Å². The molecule has 1 aliphatic rings. The van der Waals surface area contributed by atoms with E-state index in [9.17, 15) is 19.2 Å². The molecule has 0 bridgehead atoms. The van der Waals surface area contributed by atoms with Crippen LogP contribution in [0, 0.1) is 5.41 Å². The Bertz CT molecular complexity index is 1200. The van der Waals surface area contributed by atoms with Gasteiger partial charge in [0.1, 0.15) is 18.4 Å². The van der Waals surface area contributed by atoms with Crippen molar-refractivity contribution in [3.8, 4) is 5.75 Å². The molecule has 3 rings (SSSR count). The normalized spacial score (nSPS) is 14.9. The quantitative estimate of drug-likeness (QED) is 0.195. The number of esters is 1. The maximum absolute atomic E-state index is 12.7. The average molecular weight is 570 g/mol. The van der Waals surface area contributed by atoms with Crippen molar-refractivity contribution in [2.24, 2.45) is 5.41 Å². The summed E-state index contributed by atoms with van der Waals surface area (Å²) in [5.74, 6) is -0.415. The molecule has 1 heterocycles. The van der Waals surface area contributed by atoms with Crippen LogP contribution < -0.4 is 20.7 Å². The van der Waals surface area contributed by atoms with Crippen LogP contribution in [0.5, 0.6) is 5.75 Å². The van der Waals surface area contributed by atoms with Crippen LogP contribution in [0.2, 0.25) is 0 Å². The first-order valence-corrected chi connectivity index (χ1v) is 13.7. The third kappa shape index (κ3) is 10.7. The molecule has 11 nitrogen and oxygen atoms in total. The predicted octanol–water partition coefficient (Wildman–Crippen LogP) is 4.34. The van der Waals surface area contributed by atoms with Gasteiger partial charge in [0.25, 0.3) is 5.91 Å². The van der Waals surface area contributed by atoms with Crippen molar-refractivity contribution in [3.05, 3.63) is 59.7 Å². The number of alkyl carbamates (subject to hydrolysis) is 2. The van der Waals surface area contributed by atoms with Gasteiger partial charge in [0.05, 0.1) is 18.9 Å². The van der Waals surface area contributed by atoms with Crippen LogP contribution in [0.25, 0.3) is 0 Å². The van der Waals surface area contributed by atoms with Crippen LogP contribution in [0.1, 0.15) is 51.7 Å². The Morgan fingerprint density at radius 3 is 2.46 bits per heavy atom. The number of rotatable bonds is 12. The van der Waals surface area contributed by atoms with Gasteiger partial charge in [-0.05, 0) is 48.4 Å². The molecule has 0 radical (unpaired) electrons. The number of ether oxygens (including phenoxy) is 4. The summed E-state index contributed by atoms with van der Waals surface area (Å²) in [4.78, 5) is 49.4. The molecule has 2 aromatic rings. The first-order valence-electron chi connectivity index (χ1n) is 13.7. The maximum Gasteiger partial charge on any atom is 0.407 e. The highest BCUT2D eigenvalue weighted by Gasteiger charge is 2.29. The molecule has 0 saturated heterocycles. The van der Waals surface area contributed by atoms with Gasteiger partial charge in [-0.15, -0.1) is 0 Å². The van der Waals surface area contributed by atoms with E-state index in [0.717, 1.165) is 5.56 Å². The van der Waals surface area contributed by atoms with Crippen LogP contribution in [0.15, 0.2) is 48.5 Å². The van der Waals surface area contributed by atoms with Gasteiger partial charge in [-0.25, -0.2) is 14.4 Å². The minimum absolute atomic E-state index is 0.127. The van der Waals surface area contributed by atoms with Crippen LogP contribution in [0.4, 0.5) is 15.3 Å². The van der Waals surface area contributed by atoms with Gasteiger partial charge >= 0.3 is 18.2 Å². The number of amides is 3. The topological polar surface area (TPSA) is 141 Å². The lowest BCUT2D eigenvalue weighted by atomic mass is 9.99. The number of benzene rings is 2.